The summed E-state index contributed by atoms with van der Waals surface area (Å²) in [7, 11) is 0. The lowest BCUT2D eigenvalue weighted by Crippen LogP contribution is -2.46. The molecule has 0 saturated carbocycles. The molecular formula is C14H16INO2. The van der Waals surface area contributed by atoms with E-state index >= 15 is 0 Å². The maximum atomic E-state index is 12.0. The van der Waals surface area contributed by atoms with E-state index in [0.29, 0.717) is 6.42 Å². The van der Waals surface area contributed by atoms with Gasteiger partial charge in [0.1, 0.15) is 0 Å². The second-order valence-corrected chi connectivity index (χ2v) is 6.29. The van der Waals surface area contributed by atoms with Crippen LogP contribution in [-0.4, -0.2) is 11.8 Å². The van der Waals surface area contributed by atoms with Gasteiger partial charge in [0.25, 0.3) is 0 Å². The summed E-state index contributed by atoms with van der Waals surface area (Å²) in [4.78, 5) is 23.6. The van der Waals surface area contributed by atoms with Crippen molar-refractivity contribution in [2.24, 2.45) is 11.8 Å². The van der Waals surface area contributed by atoms with Crippen molar-refractivity contribution in [3.63, 3.8) is 0 Å². The molecule has 1 heterocycles. The van der Waals surface area contributed by atoms with Crippen molar-refractivity contribution in [2.75, 3.05) is 0 Å². The van der Waals surface area contributed by atoms with E-state index in [1.807, 2.05) is 32.0 Å². The van der Waals surface area contributed by atoms with Crippen LogP contribution in [0.3, 0.4) is 0 Å². The number of carbonyl (C=O) groups is 2. The molecule has 1 fully saturated rings. The van der Waals surface area contributed by atoms with Crippen LogP contribution in [0.2, 0.25) is 0 Å². The molecular weight excluding hydrogens is 341 g/mol. The van der Waals surface area contributed by atoms with Crippen LogP contribution in [0.4, 0.5) is 0 Å². The van der Waals surface area contributed by atoms with E-state index in [4.69, 9.17) is 0 Å². The number of rotatable bonds is 2. The molecule has 1 N–H and O–H groups in total. The molecule has 0 radical (unpaired) electrons. The molecule has 4 heteroatoms. The van der Waals surface area contributed by atoms with Gasteiger partial charge in [0.2, 0.25) is 11.8 Å². The van der Waals surface area contributed by atoms with Crippen LogP contribution >= 0.6 is 22.6 Å². The Morgan fingerprint density at radius 3 is 2.67 bits per heavy atom. The fraction of sp³-hybridized carbons (Fsp3) is 0.429. The molecule has 0 bridgehead atoms. The fourth-order valence-corrected chi connectivity index (χ4v) is 3.18. The first-order chi connectivity index (χ1) is 8.49. The number of halogens is 1. The Labute approximate surface area is 120 Å². The first kappa shape index (κ1) is 13.5. The Bertz CT molecular complexity index is 484. The number of nitrogens with one attached hydrogen (secondary N) is 1. The van der Waals surface area contributed by atoms with Gasteiger partial charge in [-0.25, -0.2) is 0 Å². The molecule has 18 heavy (non-hydrogen) atoms. The first-order valence-corrected chi connectivity index (χ1v) is 7.16. The van der Waals surface area contributed by atoms with Gasteiger partial charge >= 0.3 is 0 Å². The van der Waals surface area contributed by atoms with Crippen LogP contribution in [0, 0.1) is 15.4 Å². The van der Waals surface area contributed by atoms with Gasteiger partial charge in [0.15, 0.2) is 0 Å². The van der Waals surface area contributed by atoms with E-state index in [1.165, 1.54) is 0 Å². The maximum absolute atomic E-state index is 12.0. The average molecular weight is 357 g/mol. The summed E-state index contributed by atoms with van der Waals surface area (Å²) in [5.41, 5.74) is 1.09. The first-order valence-electron chi connectivity index (χ1n) is 6.08. The van der Waals surface area contributed by atoms with Crippen molar-refractivity contribution in [2.45, 2.75) is 26.2 Å². The summed E-state index contributed by atoms with van der Waals surface area (Å²) in [6.07, 6.45) is 0.398. The lowest BCUT2D eigenvalue weighted by atomic mass is 9.75. The predicted molar refractivity (Wildman–Crippen MR) is 78.0 cm³/mol. The molecule has 0 spiro atoms. The second kappa shape index (κ2) is 5.38. The largest absolute Gasteiger partial charge is 0.296 e. The van der Waals surface area contributed by atoms with Crippen LogP contribution in [0.5, 0.6) is 0 Å². The molecule has 1 aromatic carbocycles. The third-order valence-electron chi connectivity index (χ3n) is 3.40. The third kappa shape index (κ3) is 2.74. The lowest BCUT2D eigenvalue weighted by molar-refractivity contribution is -0.138. The van der Waals surface area contributed by atoms with Crippen molar-refractivity contribution in [3.8, 4) is 0 Å². The normalized spacial score (nSPS) is 24.2. The van der Waals surface area contributed by atoms with E-state index in [1.54, 1.807) is 0 Å². The zero-order chi connectivity index (χ0) is 13.3. The summed E-state index contributed by atoms with van der Waals surface area (Å²) in [5.74, 6) is -0.200. The minimum atomic E-state index is -0.166. The van der Waals surface area contributed by atoms with E-state index in [9.17, 15) is 9.59 Å². The molecule has 0 aromatic heterocycles. The second-order valence-electron chi connectivity index (χ2n) is 5.05. The molecule has 1 aliphatic heterocycles. The maximum Gasteiger partial charge on any atom is 0.230 e. The zero-order valence-corrected chi connectivity index (χ0v) is 12.6. The number of hydrogen-bond donors (Lipinski definition) is 1. The van der Waals surface area contributed by atoms with Gasteiger partial charge < -0.3 is 0 Å². The van der Waals surface area contributed by atoms with E-state index < -0.39 is 0 Å². The molecule has 3 nitrogen and oxygen atoms in total. The Hall–Kier alpha value is -0.910. The molecule has 96 valence electrons. The van der Waals surface area contributed by atoms with Gasteiger partial charge in [0.05, 0.1) is 0 Å². The molecule has 0 aliphatic carbocycles. The van der Waals surface area contributed by atoms with Crippen LogP contribution in [0.25, 0.3) is 0 Å². The Morgan fingerprint density at radius 2 is 2.06 bits per heavy atom. The lowest BCUT2D eigenvalue weighted by Gasteiger charge is -2.33. The summed E-state index contributed by atoms with van der Waals surface area (Å²) < 4.78 is 1.13. The standard InChI is InChI=1S/C14H16INO2/c1-8(2)13-11(7-12(17)16-14(13)18)9-4-3-5-10(15)6-9/h3-6,8,11,13H,7H2,1-2H3,(H,16,17,18). The molecule has 1 aliphatic rings. The zero-order valence-electron chi connectivity index (χ0n) is 10.4. The summed E-state index contributed by atoms with van der Waals surface area (Å²) in [5, 5.41) is 2.45. The molecule has 2 amide bonds. The molecule has 1 saturated heterocycles. The van der Waals surface area contributed by atoms with Gasteiger partial charge in [-0.05, 0) is 46.2 Å². The van der Waals surface area contributed by atoms with Crippen LogP contribution < -0.4 is 5.32 Å². The van der Waals surface area contributed by atoms with Gasteiger partial charge in [-0.2, -0.15) is 0 Å². The van der Waals surface area contributed by atoms with Crippen molar-refractivity contribution in [3.05, 3.63) is 33.4 Å². The van der Waals surface area contributed by atoms with Crippen molar-refractivity contribution >= 4 is 34.4 Å². The van der Waals surface area contributed by atoms with Crippen molar-refractivity contribution in [1.82, 2.24) is 5.32 Å². The molecule has 1 aromatic rings. The summed E-state index contributed by atoms with van der Waals surface area (Å²) in [6, 6.07) is 8.06. The van der Waals surface area contributed by atoms with Gasteiger partial charge in [-0.3, -0.25) is 14.9 Å². The number of carbonyl (C=O) groups excluding carboxylic acids is 2. The highest BCUT2D eigenvalue weighted by molar-refractivity contribution is 14.1. The van der Waals surface area contributed by atoms with Crippen molar-refractivity contribution in [1.29, 1.82) is 0 Å². The fourth-order valence-electron chi connectivity index (χ4n) is 2.61. The summed E-state index contributed by atoms with van der Waals surface area (Å²) in [6.45, 7) is 4.06. The van der Waals surface area contributed by atoms with Crippen LogP contribution in [0.15, 0.2) is 24.3 Å². The average Bonchev–Trinajstić information content (AvgIpc) is 2.27. The van der Waals surface area contributed by atoms with Gasteiger partial charge in [-0.1, -0.05) is 26.0 Å². The number of benzene rings is 1. The minimum Gasteiger partial charge on any atom is -0.296 e. The number of hydrogen-bond acceptors (Lipinski definition) is 2. The monoisotopic (exact) mass is 357 g/mol. The van der Waals surface area contributed by atoms with Crippen LogP contribution in [-0.2, 0) is 9.59 Å². The SMILES string of the molecule is CC(C)C1C(=O)NC(=O)CC1c1cccc(I)c1. The summed E-state index contributed by atoms with van der Waals surface area (Å²) >= 11 is 2.25. The van der Waals surface area contributed by atoms with Crippen LogP contribution in [0.1, 0.15) is 31.7 Å². The number of amides is 2. The third-order valence-corrected chi connectivity index (χ3v) is 4.07. The quantitative estimate of drug-likeness (QED) is 0.654. The number of piperidine rings is 1. The Kier molecular flexibility index (Phi) is 4.04. The van der Waals surface area contributed by atoms with Crippen molar-refractivity contribution < 1.29 is 9.59 Å². The van der Waals surface area contributed by atoms with Gasteiger partial charge in [0, 0.05) is 21.8 Å². The van der Waals surface area contributed by atoms with Gasteiger partial charge in [-0.15, -0.1) is 0 Å². The van der Waals surface area contributed by atoms with E-state index in [2.05, 4.69) is 34.0 Å². The van der Waals surface area contributed by atoms with E-state index in [-0.39, 0.29) is 29.6 Å². The van der Waals surface area contributed by atoms with E-state index in [0.717, 1.165) is 9.13 Å². The molecule has 2 rings (SSSR count). The molecule has 2 atom stereocenters. The Balaban J connectivity index is 2.38. The topological polar surface area (TPSA) is 46.2 Å². The Morgan fingerprint density at radius 1 is 1.33 bits per heavy atom. The highest BCUT2D eigenvalue weighted by atomic mass is 127. The number of imide groups is 1. The molecule has 2 unspecified atom stereocenters. The predicted octanol–water partition coefficient (Wildman–Crippen LogP) is 2.69. The highest BCUT2D eigenvalue weighted by Crippen LogP contribution is 2.36. The minimum absolute atomic E-state index is 0.000894. The highest BCUT2D eigenvalue weighted by Gasteiger charge is 2.38. The smallest absolute Gasteiger partial charge is 0.230 e.